The summed E-state index contributed by atoms with van der Waals surface area (Å²) >= 11 is 0. The first kappa shape index (κ1) is 31.5. The van der Waals surface area contributed by atoms with Crippen LogP contribution < -0.4 is 25.4 Å². The number of aryl methyl sites for hydroxylation is 1. The lowest BCUT2D eigenvalue weighted by Crippen LogP contribution is -2.42. The number of hydrogen-bond donors (Lipinski definition) is 3. The van der Waals surface area contributed by atoms with Crippen molar-refractivity contribution in [3.05, 3.63) is 65.5 Å². The third kappa shape index (κ3) is 6.31. The Hall–Kier alpha value is -5.50. The summed E-state index contributed by atoms with van der Waals surface area (Å²) in [6.07, 6.45) is 7.96. The number of fused-ring (bicyclic) bond motifs is 2. The second kappa shape index (κ2) is 13.9. The van der Waals surface area contributed by atoms with E-state index in [-0.39, 0.29) is 5.91 Å². The van der Waals surface area contributed by atoms with Gasteiger partial charge in [-0.05, 0) is 62.7 Å². The molecule has 0 saturated carbocycles. The van der Waals surface area contributed by atoms with Gasteiger partial charge < -0.3 is 29.2 Å². The monoisotopic (exact) mass is 639 g/mol. The summed E-state index contributed by atoms with van der Waals surface area (Å²) in [5, 5.41) is 13.5. The number of carbonyl (C=O) groups excluding carboxylic acids is 3. The van der Waals surface area contributed by atoms with E-state index >= 15 is 0 Å². The van der Waals surface area contributed by atoms with Crippen LogP contribution in [0, 0.1) is 5.92 Å². The van der Waals surface area contributed by atoms with Crippen molar-refractivity contribution in [3.8, 4) is 11.5 Å². The number of hydrogen-bond acceptors (Lipinski definition) is 10. The molecule has 1 aliphatic heterocycles. The number of aldehydes is 2. The first-order valence-electron chi connectivity index (χ1n) is 15.5. The van der Waals surface area contributed by atoms with E-state index in [9.17, 15) is 14.4 Å². The molecular formula is C33H37N9O5. The summed E-state index contributed by atoms with van der Waals surface area (Å²) in [6.45, 7) is 5.72. The number of benzene rings is 2. The highest BCUT2D eigenvalue weighted by Crippen LogP contribution is 2.32. The highest BCUT2D eigenvalue weighted by Gasteiger charge is 2.21. The van der Waals surface area contributed by atoms with E-state index in [1.807, 2.05) is 28.2 Å². The zero-order chi connectivity index (χ0) is 32.9. The third-order valence-electron chi connectivity index (χ3n) is 8.24. The number of anilines is 2. The largest absolute Gasteiger partial charge is 0.494 e. The molecule has 3 N–H and O–H groups in total. The Balaban J connectivity index is 1.31. The second-order valence-corrected chi connectivity index (χ2v) is 11.2. The average molecular weight is 640 g/mol. The molecule has 14 heteroatoms. The van der Waals surface area contributed by atoms with E-state index in [1.54, 1.807) is 48.3 Å². The molecule has 1 fully saturated rings. The lowest BCUT2D eigenvalue weighted by Gasteiger charge is -2.26. The van der Waals surface area contributed by atoms with E-state index in [0.717, 1.165) is 37.6 Å². The minimum Gasteiger partial charge on any atom is -0.494 e. The number of nitrogens with zero attached hydrogens (tertiary/aromatic N) is 6. The maximum absolute atomic E-state index is 13.3. The Morgan fingerprint density at radius 2 is 1.62 bits per heavy atom. The molecule has 0 radical (unpaired) electrons. The molecule has 0 bridgehead atoms. The summed E-state index contributed by atoms with van der Waals surface area (Å²) in [5.41, 5.74) is 3.87. The van der Waals surface area contributed by atoms with Gasteiger partial charge in [0.1, 0.15) is 40.8 Å². The number of methoxy groups -OCH3 is 1. The number of amides is 1. The van der Waals surface area contributed by atoms with E-state index in [0.29, 0.717) is 88.9 Å². The zero-order valence-corrected chi connectivity index (χ0v) is 26.5. The minimum atomic E-state index is -0.362. The first-order chi connectivity index (χ1) is 23.0. The Morgan fingerprint density at radius 3 is 2.21 bits per heavy atom. The number of aromatic nitrogens is 6. The van der Waals surface area contributed by atoms with Crippen molar-refractivity contribution in [2.75, 3.05) is 44.5 Å². The van der Waals surface area contributed by atoms with E-state index in [1.165, 1.54) is 7.11 Å². The van der Waals surface area contributed by atoms with Gasteiger partial charge in [0.2, 0.25) is 11.9 Å². The van der Waals surface area contributed by atoms with Gasteiger partial charge in [-0.2, -0.15) is 5.10 Å². The molecule has 0 spiro atoms. The Morgan fingerprint density at radius 1 is 0.979 bits per heavy atom. The maximum atomic E-state index is 13.3. The molecule has 4 heterocycles. The standard InChI is InChI=1S/C33H37N9O5/c1-4-42-26(7-9-36-42)31(45)39-33-38-24-13-22(19-43)15-27(46-3)29(24)41(33)11-6-5-10-40-30-25(37-32(40)34-2)14-23(20-44)16-28(30)47-12-8-21-17-35-18-21/h5-7,9,13-16,19-21,35H,4,8,10-12,17-18H2,1-3H3,(H,34,37)(H,38,39,45)/b6-5+. The summed E-state index contributed by atoms with van der Waals surface area (Å²) in [6, 6.07) is 8.45. The highest BCUT2D eigenvalue weighted by atomic mass is 16.5. The van der Waals surface area contributed by atoms with Gasteiger partial charge in [0.15, 0.2) is 0 Å². The summed E-state index contributed by atoms with van der Waals surface area (Å²) in [4.78, 5) is 46.0. The van der Waals surface area contributed by atoms with Crippen LogP contribution in [-0.2, 0) is 19.6 Å². The Labute approximate surface area is 270 Å². The minimum absolute atomic E-state index is 0.294. The van der Waals surface area contributed by atoms with Gasteiger partial charge in [0.05, 0.1) is 24.8 Å². The van der Waals surface area contributed by atoms with Crippen molar-refractivity contribution in [1.82, 2.24) is 34.2 Å². The van der Waals surface area contributed by atoms with E-state index in [2.05, 4.69) is 26.0 Å². The Kier molecular flexibility index (Phi) is 9.29. The van der Waals surface area contributed by atoms with Gasteiger partial charge >= 0.3 is 0 Å². The molecule has 244 valence electrons. The van der Waals surface area contributed by atoms with Crippen LogP contribution in [0.25, 0.3) is 22.1 Å². The number of imidazole rings is 2. The number of ether oxygens (including phenoxy) is 2. The number of rotatable bonds is 15. The molecule has 0 unspecified atom stereocenters. The van der Waals surface area contributed by atoms with E-state index < -0.39 is 0 Å². The quantitative estimate of drug-likeness (QED) is 0.114. The van der Waals surface area contributed by atoms with Gasteiger partial charge in [0.25, 0.3) is 5.91 Å². The van der Waals surface area contributed by atoms with Crippen LogP contribution in [0.3, 0.4) is 0 Å². The topological polar surface area (TPSA) is 159 Å². The normalized spacial score (nSPS) is 13.3. The molecule has 0 atom stereocenters. The van der Waals surface area contributed by atoms with Crippen molar-refractivity contribution in [2.45, 2.75) is 33.0 Å². The van der Waals surface area contributed by atoms with Crippen molar-refractivity contribution >= 4 is 52.4 Å². The Bertz CT molecular complexity index is 1970. The predicted octanol–water partition coefficient (Wildman–Crippen LogP) is 3.77. The van der Waals surface area contributed by atoms with Crippen molar-refractivity contribution < 1.29 is 23.9 Å². The number of allylic oxidation sites excluding steroid dienone is 2. The fourth-order valence-electron chi connectivity index (χ4n) is 5.74. The molecule has 3 aromatic heterocycles. The summed E-state index contributed by atoms with van der Waals surface area (Å²) in [5.74, 6) is 2.20. The number of carbonyl (C=O) groups is 3. The molecule has 14 nitrogen and oxygen atoms in total. The molecular weight excluding hydrogens is 602 g/mol. The van der Waals surface area contributed by atoms with Crippen LogP contribution in [0.2, 0.25) is 0 Å². The molecule has 0 aliphatic carbocycles. The van der Waals surface area contributed by atoms with Gasteiger partial charge in [-0.1, -0.05) is 12.2 Å². The summed E-state index contributed by atoms with van der Waals surface area (Å²) < 4.78 is 17.3. The smallest absolute Gasteiger partial charge is 0.276 e. The lowest BCUT2D eigenvalue weighted by atomic mass is 10.0. The molecule has 2 aromatic carbocycles. The van der Waals surface area contributed by atoms with Crippen LogP contribution in [0.4, 0.5) is 11.9 Å². The van der Waals surface area contributed by atoms with Crippen LogP contribution >= 0.6 is 0 Å². The van der Waals surface area contributed by atoms with Gasteiger partial charge in [-0.3, -0.25) is 24.4 Å². The maximum Gasteiger partial charge on any atom is 0.276 e. The fourth-order valence-corrected chi connectivity index (χ4v) is 5.74. The molecule has 6 rings (SSSR count). The lowest BCUT2D eigenvalue weighted by molar-refractivity contribution is 0.101. The predicted molar refractivity (Wildman–Crippen MR) is 178 cm³/mol. The molecule has 1 amide bonds. The van der Waals surface area contributed by atoms with Crippen molar-refractivity contribution in [2.24, 2.45) is 5.92 Å². The molecule has 47 heavy (non-hydrogen) atoms. The van der Waals surface area contributed by atoms with E-state index in [4.69, 9.17) is 14.5 Å². The second-order valence-electron chi connectivity index (χ2n) is 11.2. The SMILES string of the molecule is CCn1nccc1C(=O)Nc1nc2cc(C=O)cc(OC)c2n1C/C=C/Cn1c(NC)nc2cc(C=O)cc(OCCC3CNC3)c21. The van der Waals surface area contributed by atoms with Crippen LogP contribution in [-0.4, -0.2) is 81.2 Å². The zero-order valence-electron chi connectivity index (χ0n) is 26.5. The number of nitrogens with one attached hydrogen (secondary N) is 3. The van der Waals surface area contributed by atoms with Gasteiger partial charge in [0, 0.05) is 44.0 Å². The van der Waals surface area contributed by atoms with Crippen LogP contribution in [0.1, 0.15) is 44.5 Å². The van der Waals surface area contributed by atoms with Crippen molar-refractivity contribution in [3.63, 3.8) is 0 Å². The van der Waals surface area contributed by atoms with Crippen LogP contribution in [0.5, 0.6) is 11.5 Å². The highest BCUT2D eigenvalue weighted by molar-refractivity contribution is 6.03. The molecule has 1 saturated heterocycles. The fraction of sp³-hybridized carbons (Fsp3) is 0.333. The first-order valence-corrected chi connectivity index (χ1v) is 15.5. The van der Waals surface area contributed by atoms with Gasteiger partial charge in [-0.25, -0.2) is 9.97 Å². The molecule has 1 aliphatic rings. The third-order valence-corrected chi connectivity index (χ3v) is 8.24. The molecule has 5 aromatic rings. The van der Waals surface area contributed by atoms with Gasteiger partial charge in [-0.15, -0.1) is 0 Å². The van der Waals surface area contributed by atoms with Crippen molar-refractivity contribution in [1.29, 1.82) is 0 Å². The van der Waals surface area contributed by atoms with Crippen LogP contribution in [0.15, 0.2) is 48.7 Å². The average Bonchev–Trinajstić information content (AvgIpc) is 3.78. The summed E-state index contributed by atoms with van der Waals surface area (Å²) in [7, 11) is 3.32.